The van der Waals surface area contributed by atoms with Gasteiger partial charge in [0.15, 0.2) is 0 Å². The molecule has 2 fully saturated rings. The monoisotopic (exact) mass is 307 g/mol. The average molecular weight is 308 g/mol. The molecule has 1 aliphatic carbocycles. The molecule has 0 aromatic heterocycles. The standard InChI is InChI=1S/C17H26ClN3/c1-19-13-15-16(18)7-4-8-17(15)21-11-9-20(10-12-21)14-5-2-3-6-14/h4,7-8,14,19H,2-3,5-6,9-13H2,1H3. The van der Waals surface area contributed by atoms with E-state index in [1.807, 2.05) is 13.1 Å². The first-order valence-corrected chi connectivity index (χ1v) is 8.58. The molecule has 2 aliphatic rings. The first kappa shape index (κ1) is 15.1. The molecule has 1 saturated heterocycles. The van der Waals surface area contributed by atoms with E-state index in [9.17, 15) is 0 Å². The van der Waals surface area contributed by atoms with Gasteiger partial charge in [-0.3, -0.25) is 4.90 Å². The molecule has 0 radical (unpaired) electrons. The number of rotatable bonds is 4. The van der Waals surface area contributed by atoms with E-state index in [0.717, 1.165) is 30.7 Å². The van der Waals surface area contributed by atoms with Crippen LogP contribution in [0.3, 0.4) is 0 Å². The van der Waals surface area contributed by atoms with Gasteiger partial charge in [0, 0.05) is 55.0 Å². The Kier molecular flexibility index (Phi) is 5.04. The molecule has 4 heteroatoms. The molecule has 116 valence electrons. The van der Waals surface area contributed by atoms with Crippen LogP contribution in [0.1, 0.15) is 31.2 Å². The van der Waals surface area contributed by atoms with Crippen LogP contribution in [-0.2, 0) is 6.54 Å². The molecular weight excluding hydrogens is 282 g/mol. The molecule has 1 N–H and O–H groups in total. The van der Waals surface area contributed by atoms with Crippen LogP contribution in [0.25, 0.3) is 0 Å². The third kappa shape index (κ3) is 3.36. The van der Waals surface area contributed by atoms with Gasteiger partial charge >= 0.3 is 0 Å². The van der Waals surface area contributed by atoms with Crippen molar-refractivity contribution in [1.29, 1.82) is 0 Å². The van der Waals surface area contributed by atoms with Crippen molar-refractivity contribution in [2.45, 2.75) is 38.3 Å². The van der Waals surface area contributed by atoms with Crippen LogP contribution in [0.5, 0.6) is 0 Å². The molecule has 0 bridgehead atoms. The number of nitrogens with zero attached hydrogens (tertiary/aromatic N) is 2. The Hall–Kier alpha value is -0.770. The highest BCUT2D eigenvalue weighted by Gasteiger charge is 2.26. The van der Waals surface area contributed by atoms with Gasteiger partial charge in [-0.15, -0.1) is 0 Å². The third-order valence-electron chi connectivity index (χ3n) is 4.94. The van der Waals surface area contributed by atoms with Crippen LogP contribution in [0.2, 0.25) is 5.02 Å². The summed E-state index contributed by atoms with van der Waals surface area (Å²) >= 11 is 6.38. The summed E-state index contributed by atoms with van der Waals surface area (Å²) in [5.74, 6) is 0. The van der Waals surface area contributed by atoms with Crippen molar-refractivity contribution in [3.63, 3.8) is 0 Å². The topological polar surface area (TPSA) is 18.5 Å². The number of hydrogen-bond donors (Lipinski definition) is 1. The van der Waals surface area contributed by atoms with Crippen LogP contribution in [0, 0.1) is 0 Å². The predicted molar refractivity (Wildman–Crippen MR) is 90.3 cm³/mol. The number of benzene rings is 1. The van der Waals surface area contributed by atoms with Gasteiger partial charge in [0.05, 0.1) is 0 Å². The predicted octanol–water partition coefficient (Wildman–Crippen LogP) is 3.12. The van der Waals surface area contributed by atoms with Gasteiger partial charge in [0.2, 0.25) is 0 Å². The van der Waals surface area contributed by atoms with Crippen molar-refractivity contribution in [3.8, 4) is 0 Å². The Morgan fingerprint density at radius 1 is 1.14 bits per heavy atom. The quantitative estimate of drug-likeness (QED) is 0.922. The molecule has 21 heavy (non-hydrogen) atoms. The fourth-order valence-corrected chi connectivity index (χ4v) is 4.03. The van der Waals surface area contributed by atoms with E-state index >= 15 is 0 Å². The summed E-state index contributed by atoms with van der Waals surface area (Å²) in [5, 5.41) is 4.11. The van der Waals surface area contributed by atoms with Gasteiger partial charge in [0.25, 0.3) is 0 Å². The maximum atomic E-state index is 6.38. The Bertz CT molecular complexity index is 463. The van der Waals surface area contributed by atoms with Crippen molar-refractivity contribution in [3.05, 3.63) is 28.8 Å². The fraction of sp³-hybridized carbons (Fsp3) is 0.647. The average Bonchev–Trinajstić information content (AvgIpc) is 3.04. The summed E-state index contributed by atoms with van der Waals surface area (Å²) in [7, 11) is 1.98. The van der Waals surface area contributed by atoms with Crippen LogP contribution >= 0.6 is 11.6 Å². The minimum absolute atomic E-state index is 0.831. The first-order valence-electron chi connectivity index (χ1n) is 8.20. The maximum Gasteiger partial charge on any atom is 0.0471 e. The Morgan fingerprint density at radius 2 is 1.86 bits per heavy atom. The van der Waals surface area contributed by atoms with Crippen LogP contribution < -0.4 is 10.2 Å². The fourth-order valence-electron chi connectivity index (χ4n) is 3.79. The molecule has 0 amide bonds. The highest BCUT2D eigenvalue weighted by Crippen LogP contribution is 2.30. The minimum atomic E-state index is 0.831. The van der Waals surface area contributed by atoms with Crippen LogP contribution in [0.4, 0.5) is 5.69 Å². The molecule has 1 aromatic rings. The van der Waals surface area contributed by atoms with E-state index in [1.165, 1.54) is 50.0 Å². The van der Waals surface area contributed by atoms with Crippen molar-refractivity contribution < 1.29 is 0 Å². The number of piperazine rings is 1. The molecule has 0 spiro atoms. The molecule has 3 nitrogen and oxygen atoms in total. The van der Waals surface area contributed by atoms with E-state index in [4.69, 9.17) is 11.6 Å². The summed E-state index contributed by atoms with van der Waals surface area (Å²) in [4.78, 5) is 5.20. The second-order valence-electron chi connectivity index (χ2n) is 6.23. The normalized spacial score (nSPS) is 21.1. The SMILES string of the molecule is CNCc1c(Cl)cccc1N1CCN(C2CCCC2)CC1. The third-order valence-corrected chi connectivity index (χ3v) is 5.30. The van der Waals surface area contributed by atoms with Gasteiger partial charge in [-0.25, -0.2) is 0 Å². The Balaban J connectivity index is 1.67. The highest BCUT2D eigenvalue weighted by molar-refractivity contribution is 6.31. The first-order chi connectivity index (χ1) is 10.3. The second-order valence-corrected chi connectivity index (χ2v) is 6.64. The van der Waals surface area contributed by atoms with E-state index in [-0.39, 0.29) is 0 Å². The van der Waals surface area contributed by atoms with E-state index in [0.29, 0.717) is 0 Å². The van der Waals surface area contributed by atoms with E-state index in [1.54, 1.807) is 0 Å². The minimum Gasteiger partial charge on any atom is -0.369 e. The highest BCUT2D eigenvalue weighted by atomic mass is 35.5. The zero-order valence-corrected chi connectivity index (χ0v) is 13.7. The zero-order chi connectivity index (χ0) is 14.7. The lowest BCUT2D eigenvalue weighted by Crippen LogP contribution is -2.50. The lowest BCUT2D eigenvalue weighted by Gasteiger charge is -2.40. The lowest BCUT2D eigenvalue weighted by molar-refractivity contribution is 0.187. The second kappa shape index (κ2) is 6.99. The summed E-state index contributed by atoms with van der Waals surface area (Å²) in [5.41, 5.74) is 2.54. The zero-order valence-electron chi connectivity index (χ0n) is 12.9. The summed E-state index contributed by atoms with van der Waals surface area (Å²) in [6.45, 7) is 5.45. The largest absolute Gasteiger partial charge is 0.369 e. The van der Waals surface area contributed by atoms with Crippen molar-refractivity contribution in [2.24, 2.45) is 0 Å². The number of halogens is 1. The molecular formula is C17H26ClN3. The van der Waals surface area contributed by atoms with Gasteiger partial charge in [-0.05, 0) is 32.0 Å². The van der Waals surface area contributed by atoms with Gasteiger partial charge in [0.1, 0.15) is 0 Å². The Labute approximate surface area is 133 Å². The number of hydrogen-bond acceptors (Lipinski definition) is 3. The van der Waals surface area contributed by atoms with Crippen LogP contribution in [-0.4, -0.2) is 44.2 Å². The maximum absolute atomic E-state index is 6.38. The number of anilines is 1. The van der Waals surface area contributed by atoms with E-state index in [2.05, 4.69) is 27.2 Å². The van der Waals surface area contributed by atoms with E-state index < -0.39 is 0 Å². The molecule has 0 atom stereocenters. The Morgan fingerprint density at radius 3 is 2.52 bits per heavy atom. The molecule has 1 saturated carbocycles. The summed E-state index contributed by atoms with van der Waals surface area (Å²) in [6.07, 6.45) is 5.65. The molecule has 1 heterocycles. The molecule has 1 aliphatic heterocycles. The molecule has 0 unspecified atom stereocenters. The van der Waals surface area contributed by atoms with Crippen LogP contribution in [0.15, 0.2) is 18.2 Å². The summed E-state index contributed by atoms with van der Waals surface area (Å²) in [6, 6.07) is 7.12. The molecule has 1 aromatic carbocycles. The van der Waals surface area contributed by atoms with Crippen molar-refractivity contribution in [2.75, 3.05) is 38.1 Å². The smallest absolute Gasteiger partial charge is 0.0471 e. The number of nitrogens with one attached hydrogen (secondary N) is 1. The van der Waals surface area contributed by atoms with Gasteiger partial charge in [-0.1, -0.05) is 30.5 Å². The van der Waals surface area contributed by atoms with Crippen molar-refractivity contribution >= 4 is 17.3 Å². The summed E-state index contributed by atoms with van der Waals surface area (Å²) < 4.78 is 0. The molecule has 3 rings (SSSR count). The van der Waals surface area contributed by atoms with Crippen molar-refractivity contribution in [1.82, 2.24) is 10.2 Å². The van der Waals surface area contributed by atoms with Gasteiger partial charge in [-0.2, -0.15) is 0 Å². The lowest BCUT2D eigenvalue weighted by atomic mass is 10.1. The van der Waals surface area contributed by atoms with Gasteiger partial charge < -0.3 is 10.2 Å².